The van der Waals surface area contributed by atoms with Crippen molar-refractivity contribution in [3.05, 3.63) is 76.3 Å². The molecule has 3 rings (SSSR count). The Bertz CT molecular complexity index is 921. The first kappa shape index (κ1) is 23.8. The summed E-state index contributed by atoms with van der Waals surface area (Å²) in [5, 5.41) is 12.9. The van der Waals surface area contributed by atoms with E-state index in [1.54, 1.807) is 0 Å². The molecule has 0 aliphatic heterocycles. The summed E-state index contributed by atoms with van der Waals surface area (Å²) in [7, 11) is 0. The molecule has 3 aromatic rings. The number of carbonyl (C=O) groups excluding carboxylic acids is 1. The van der Waals surface area contributed by atoms with Crippen molar-refractivity contribution in [3.63, 3.8) is 0 Å². The summed E-state index contributed by atoms with van der Waals surface area (Å²) in [6.45, 7) is 0.285. The standard InChI is InChI=1S/C18H14O5.Na.2H2O/c19-15-10-16(18(20)21)23-11-17(15)22-8-7-12-5-6-13-3-1-2-4-14(13)9-12;;;/h1-6,9-11H,7-8H2,(H,20,21);;2*1H2/q;+1;;/p-1. The van der Waals surface area contributed by atoms with E-state index < -0.39 is 17.2 Å². The first-order valence-electron chi connectivity index (χ1n) is 7.08. The molecule has 1 aromatic heterocycles. The predicted octanol–water partition coefficient (Wildman–Crippen LogP) is -2.87. The zero-order valence-electron chi connectivity index (χ0n) is 14.2. The zero-order valence-corrected chi connectivity index (χ0v) is 16.2. The van der Waals surface area contributed by atoms with E-state index in [1.807, 2.05) is 36.4 Å². The van der Waals surface area contributed by atoms with Crippen molar-refractivity contribution in [1.82, 2.24) is 0 Å². The fraction of sp³-hybridized carbons (Fsp3) is 0.111. The number of carbonyl (C=O) groups is 1. The number of benzene rings is 2. The summed E-state index contributed by atoms with van der Waals surface area (Å²) in [5.41, 5.74) is 0.536. The van der Waals surface area contributed by atoms with Crippen LogP contribution in [0.4, 0.5) is 0 Å². The number of carboxylic acid groups (broad SMARTS) is 1. The van der Waals surface area contributed by atoms with Crippen molar-refractivity contribution >= 4 is 16.7 Å². The normalized spacial score (nSPS) is 9.38. The number of rotatable bonds is 5. The number of hydrogen-bond donors (Lipinski definition) is 0. The molecule has 0 spiro atoms. The topological polar surface area (TPSA) is 143 Å². The second kappa shape index (κ2) is 10.7. The second-order valence-electron chi connectivity index (χ2n) is 5.04. The van der Waals surface area contributed by atoms with E-state index in [9.17, 15) is 14.7 Å². The molecule has 0 unspecified atom stereocenters. The average Bonchev–Trinajstić information content (AvgIpc) is 2.56. The van der Waals surface area contributed by atoms with E-state index in [0.29, 0.717) is 6.42 Å². The SMILES string of the molecule is O.O.O=C([O-])c1cc(=O)c(OCCc2ccc3ccccc3c2)co1.[Na+]. The van der Waals surface area contributed by atoms with Crippen LogP contribution in [0.1, 0.15) is 16.1 Å². The number of fused-ring (bicyclic) bond motifs is 1. The molecule has 0 aliphatic rings. The minimum absolute atomic E-state index is 0. The van der Waals surface area contributed by atoms with Gasteiger partial charge in [0.1, 0.15) is 12.2 Å². The van der Waals surface area contributed by atoms with Crippen LogP contribution in [0, 0.1) is 0 Å². The number of carboxylic acids is 1. The van der Waals surface area contributed by atoms with E-state index in [-0.39, 0.29) is 52.9 Å². The second-order valence-corrected chi connectivity index (χ2v) is 5.04. The van der Waals surface area contributed by atoms with Gasteiger partial charge in [0.05, 0.1) is 6.61 Å². The Balaban J connectivity index is 0.00000208. The Labute approximate surface area is 171 Å². The van der Waals surface area contributed by atoms with Gasteiger partial charge in [0.25, 0.3) is 0 Å². The van der Waals surface area contributed by atoms with Gasteiger partial charge < -0.3 is 30.0 Å². The van der Waals surface area contributed by atoms with Gasteiger partial charge in [-0.25, -0.2) is 0 Å². The van der Waals surface area contributed by atoms with Crippen molar-refractivity contribution in [2.24, 2.45) is 0 Å². The van der Waals surface area contributed by atoms with Crippen LogP contribution in [0.25, 0.3) is 10.8 Å². The molecule has 1 heterocycles. The minimum Gasteiger partial charge on any atom is -0.542 e. The van der Waals surface area contributed by atoms with Gasteiger partial charge in [-0.15, -0.1) is 0 Å². The third kappa shape index (κ3) is 5.69. The minimum atomic E-state index is -1.54. The van der Waals surface area contributed by atoms with Gasteiger partial charge in [0.2, 0.25) is 11.2 Å². The molecule has 0 fully saturated rings. The number of ether oxygens (including phenoxy) is 1. The van der Waals surface area contributed by atoms with E-state index in [2.05, 4.69) is 6.07 Å². The van der Waals surface area contributed by atoms with Crippen LogP contribution in [0.5, 0.6) is 5.75 Å². The Morgan fingerprint density at radius 1 is 1.04 bits per heavy atom. The molecule has 0 amide bonds. The van der Waals surface area contributed by atoms with Crippen molar-refractivity contribution in [3.8, 4) is 5.75 Å². The molecule has 2 aromatic carbocycles. The van der Waals surface area contributed by atoms with Gasteiger partial charge in [-0.2, -0.15) is 0 Å². The molecule has 0 atom stereocenters. The molecule has 26 heavy (non-hydrogen) atoms. The Morgan fingerprint density at radius 2 is 1.73 bits per heavy atom. The molecule has 8 heteroatoms. The van der Waals surface area contributed by atoms with Gasteiger partial charge in [-0.3, -0.25) is 4.79 Å². The summed E-state index contributed by atoms with van der Waals surface area (Å²) >= 11 is 0. The van der Waals surface area contributed by atoms with Gasteiger partial charge in [0, 0.05) is 12.5 Å². The predicted molar refractivity (Wildman–Crippen MR) is 89.7 cm³/mol. The maximum atomic E-state index is 11.7. The van der Waals surface area contributed by atoms with E-state index in [1.165, 1.54) is 0 Å². The van der Waals surface area contributed by atoms with E-state index in [4.69, 9.17) is 9.15 Å². The summed E-state index contributed by atoms with van der Waals surface area (Å²) in [4.78, 5) is 22.3. The molecule has 132 valence electrons. The first-order valence-corrected chi connectivity index (χ1v) is 7.08. The third-order valence-corrected chi connectivity index (χ3v) is 3.46. The molecule has 0 saturated carbocycles. The Kier molecular flexibility index (Phi) is 9.85. The van der Waals surface area contributed by atoms with Crippen LogP contribution in [0.3, 0.4) is 0 Å². The van der Waals surface area contributed by atoms with Crippen molar-refractivity contribution in [1.29, 1.82) is 0 Å². The molecule has 0 aliphatic carbocycles. The van der Waals surface area contributed by atoms with Gasteiger partial charge >= 0.3 is 29.6 Å². The van der Waals surface area contributed by atoms with Gasteiger partial charge in [-0.1, -0.05) is 42.5 Å². The van der Waals surface area contributed by atoms with Crippen LogP contribution >= 0.6 is 0 Å². The molecule has 0 bridgehead atoms. The number of aromatic carboxylic acids is 1. The quantitative estimate of drug-likeness (QED) is 0.445. The van der Waals surface area contributed by atoms with Crippen LogP contribution in [0.15, 0.2) is 64.0 Å². The monoisotopic (exact) mass is 368 g/mol. The molecule has 4 N–H and O–H groups in total. The van der Waals surface area contributed by atoms with Crippen molar-refractivity contribution in [2.75, 3.05) is 6.61 Å². The maximum absolute atomic E-state index is 11.7. The van der Waals surface area contributed by atoms with E-state index >= 15 is 0 Å². The molecule has 0 radical (unpaired) electrons. The van der Waals surface area contributed by atoms with Gasteiger partial charge in [0.15, 0.2) is 5.76 Å². The van der Waals surface area contributed by atoms with Gasteiger partial charge in [-0.05, 0) is 16.3 Å². The molecule has 0 saturated heterocycles. The fourth-order valence-electron chi connectivity index (χ4n) is 2.28. The van der Waals surface area contributed by atoms with Crippen LogP contribution in [0.2, 0.25) is 0 Å². The summed E-state index contributed by atoms with van der Waals surface area (Å²) in [5.74, 6) is -2.07. The molecular weight excluding hydrogens is 351 g/mol. The maximum Gasteiger partial charge on any atom is 1.00 e. The first-order chi connectivity index (χ1) is 11.1. The largest absolute Gasteiger partial charge is 1.00 e. The summed E-state index contributed by atoms with van der Waals surface area (Å²) < 4.78 is 10.1. The van der Waals surface area contributed by atoms with Crippen LogP contribution in [-0.2, 0) is 6.42 Å². The smallest absolute Gasteiger partial charge is 0.542 e. The number of hydrogen-bond acceptors (Lipinski definition) is 5. The summed E-state index contributed by atoms with van der Waals surface area (Å²) in [6.07, 6.45) is 1.61. The summed E-state index contributed by atoms with van der Waals surface area (Å²) in [6, 6.07) is 15.0. The van der Waals surface area contributed by atoms with E-state index in [0.717, 1.165) is 28.7 Å². The van der Waals surface area contributed by atoms with Crippen LogP contribution in [-0.4, -0.2) is 23.5 Å². The molecular formula is C18H17NaO7. The van der Waals surface area contributed by atoms with Crippen LogP contribution < -0.4 is 44.8 Å². The molecule has 7 nitrogen and oxygen atoms in total. The third-order valence-electron chi connectivity index (χ3n) is 3.46. The van der Waals surface area contributed by atoms with Crippen molar-refractivity contribution in [2.45, 2.75) is 6.42 Å². The Hall–Kier alpha value is -2.16. The average molecular weight is 368 g/mol. The Morgan fingerprint density at radius 3 is 2.38 bits per heavy atom. The fourth-order valence-corrected chi connectivity index (χ4v) is 2.28. The van der Waals surface area contributed by atoms with Crippen molar-refractivity contribution < 1.29 is 59.6 Å². The zero-order chi connectivity index (χ0) is 16.2.